The summed E-state index contributed by atoms with van der Waals surface area (Å²) in [5.74, 6) is 1.06. The first-order chi connectivity index (χ1) is 14.1. The normalized spacial score (nSPS) is 14.1. The number of rotatable bonds is 7. The van der Waals surface area contributed by atoms with E-state index in [1.54, 1.807) is 13.2 Å². The molecule has 1 saturated heterocycles. The van der Waals surface area contributed by atoms with Crippen LogP contribution in [0, 0.1) is 0 Å². The maximum Gasteiger partial charge on any atom is 0.248 e. The number of ether oxygens (including phenoxy) is 3. The second-order valence-electron chi connectivity index (χ2n) is 6.40. The molecule has 1 amide bonds. The number of hydrogen-bond donors (Lipinski definition) is 1. The molecule has 0 spiro atoms. The summed E-state index contributed by atoms with van der Waals surface area (Å²) in [6.07, 6.45) is 3.22. The van der Waals surface area contributed by atoms with Crippen molar-refractivity contribution in [2.75, 3.05) is 50.2 Å². The molecule has 0 aliphatic carbocycles. The molecule has 154 valence electrons. The minimum absolute atomic E-state index is 0.240. The van der Waals surface area contributed by atoms with E-state index < -0.39 is 0 Å². The van der Waals surface area contributed by atoms with Crippen LogP contribution in [-0.4, -0.2) is 45.9 Å². The third-order valence-electron chi connectivity index (χ3n) is 4.49. The first-order valence-corrected chi connectivity index (χ1v) is 9.91. The number of para-hydroxylation sites is 1. The fourth-order valence-electron chi connectivity index (χ4n) is 3.14. The molecule has 7 heteroatoms. The Labute approximate surface area is 176 Å². The summed E-state index contributed by atoms with van der Waals surface area (Å²) in [5, 5.41) is 3.53. The minimum atomic E-state index is -0.240. The summed E-state index contributed by atoms with van der Waals surface area (Å²) >= 11 is 6.42. The Morgan fingerprint density at radius 1 is 1.24 bits per heavy atom. The van der Waals surface area contributed by atoms with E-state index in [0.29, 0.717) is 42.0 Å². The lowest BCUT2D eigenvalue weighted by molar-refractivity contribution is -0.111. The van der Waals surface area contributed by atoms with E-state index in [2.05, 4.69) is 10.2 Å². The Morgan fingerprint density at radius 3 is 2.76 bits per heavy atom. The summed E-state index contributed by atoms with van der Waals surface area (Å²) in [5.41, 5.74) is 2.34. The quantitative estimate of drug-likeness (QED) is 0.684. The van der Waals surface area contributed by atoms with Crippen LogP contribution in [0.2, 0.25) is 5.02 Å². The van der Waals surface area contributed by atoms with Gasteiger partial charge in [-0.15, -0.1) is 0 Å². The molecule has 0 aromatic heterocycles. The van der Waals surface area contributed by atoms with Crippen LogP contribution in [-0.2, 0) is 9.53 Å². The van der Waals surface area contributed by atoms with Crippen molar-refractivity contribution in [3.8, 4) is 11.5 Å². The Kier molecular flexibility index (Phi) is 7.38. The molecule has 0 radical (unpaired) electrons. The topological polar surface area (TPSA) is 60.0 Å². The molecule has 0 atom stereocenters. The van der Waals surface area contributed by atoms with Gasteiger partial charge in [0.1, 0.15) is 0 Å². The maximum absolute atomic E-state index is 12.5. The third kappa shape index (κ3) is 5.43. The number of amides is 1. The van der Waals surface area contributed by atoms with Crippen molar-refractivity contribution in [2.24, 2.45) is 0 Å². The van der Waals surface area contributed by atoms with E-state index in [1.165, 1.54) is 6.08 Å². The zero-order valence-electron chi connectivity index (χ0n) is 16.6. The van der Waals surface area contributed by atoms with E-state index in [1.807, 2.05) is 43.3 Å². The van der Waals surface area contributed by atoms with Crippen LogP contribution in [0.25, 0.3) is 6.08 Å². The van der Waals surface area contributed by atoms with Gasteiger partial charge in [-0.1, -0.05) is 23.7 Å². The van der Waals surface area contributed by atoms with Gasteiger partial charge in [-0.25, -0.2) is 0 Å². The van der Waals surface area contributed by atoms with Gasteiger partial charge >= 0.3 is 0 Å². The standard InChI is InChI=1S/C22H25ClN2O4/c1-3-29-20-15-16(7-9-19(20)27-2)8-10-21(26)24-18-6-4-5-17(23)22(18)25-11-13-28-14-12-25/h4-10,15H,3,11-14H2,1-2H3,(H,24,26)/b10-8+. The van der Waals surface area contributed by atoms with Crippen LogP contribution in [0.1, 0.15) is 12.5 Å². The molecule has 0 bridgehead atoms. The molecule has 1 aliphatic heterocycles. The van der Waals surface area contributed by atoms with Crippen molar-refractivity contribution in [1.29, 1.82) is 0 Å². The molecule has 1 fully saturated rings. The van der Waals surface area contributed by atoms with Crippen molar-refractivity contribution in [2.45, 2.75) is 6.92 Å². The highest BCUT2D eigenvalue weighted by molar-refractivity contribution is 6.34. The number of nitrogens with one attached hydrogen (secondary N) is 1. The van der Waals surface area contributed by atoms with Gasteiger partial charge in [0.05, 0.1) is 43.3 Å². The molecule has 0 saturated carbocycles. The van der Waals surface area contributed by atoms with Crippen LogP contribution in [0.4, 0.5) is 11.4 Å². The number of methoxy groups -OCH3 is 1. The van der Waals surface area contributed by atoms with Gasteiger partial charge in [-0.3, -0.25) is 4.79 Å². The monoisotopic (exact) mass is 416 g/mol. The van der Waals surface area contributed by atoms with Crippen LogP contribution in [0.3, 0.4) is 0 Å². The largest absolute Gasteiger partial charge is 0.493 e. The van der Waals surface area contributed by atoms with Crippen LogP contribution in [0.15, 0.2) is 42.5 Å². The van der Waals surface area contributed by atoms with E-state index in [4.69, 9.17) is 25.8 Å². The number of anilines is 2. The fourth-order valence-corrected chi connectivity index (χ4v) is 3.43. The Hall–Kier alpha value is -2.70. The fraction of sp³-hybridized carbons (Fsp3) is 0.318. The first-order valence-electron chi connectivity index (χ1n) is 9.53. The van der Waals surface area contributed by atoms with Gasteiger partial charge in [0.25, 0.3) is 0 Å². The highest BCUT2D eigenvalue weighted by Gasteiger charge is 2.18. The smallest absolute Gasteiger partial charge is 0.248 e. The summed E-state index contributed by atoms with van der Waals surface area (Å²) in [4.78, 5) is 14.7. The average Bonchev–Trinajstić information content (AvgIpc) is 2.73. The van der Waals surface area contributed by atoms with Crippen molar-refractivity contribution < 1.29 is 19.0 Å². The van der Waals surface area contributed by atoms with Gasteiger partial charge in [-0.2, -0.15) is 0 Å². The third-order valence-corrected chi connectivity index (χ3v) is 4.79. The molecule has 3 rings (SSSR count). The second kappa shape index (κ2) is 10.2. The molecule has 6 nitrogen and oxygen atoms in total. The van der Waals surface area contributed by atoms with Gasteiger partial charge in [0.2, 0.25) is 5.91 Å². The molecule has 0 unspecified atom stereocenters. The average molecular weight is 417 g/mol. The molecule has 1 aliphatic rings. The van der Waals surface area contributed by atoms with Gasteiger partial charge in [0.15, 0.2) is 11.5 Å². The van der Waals surface area contributed by atoms with E-state index in [0.717, 1.165) is 24.3 Å². The summed E-state index contributed by atoms with van der Waals surface area (Å²) < 4.78 is 16.3. The minimum Gasteiger partial charge on any atom is -0.493 e. The van der Waals surface area contributed by atoms with E-state index in [-0.39, 0.29) is 5.91 Å². The van der Waals surface area contributed by atoms with Gasteiger partial charge in [0, 0.05) is 19.2 Å². The highest BCUT2D eigenvalue weighted by atomic mass is 35.5. The van der Waals surface area contributed by atoms with Crippen LogP contribution >= 0.6 is 11.6 Å². The van der Waals surface area contributed by atoms with Gasteiger partial charge < -0.3 is 24.4 Å². The summed E-state index contributed by atoms with van der Waals surface area (Å²) in [6.45, 7) is 5.18. The predicted octanol–water partition coefficient (Wildman–Crippen LogP) is 4.24. The Balaban J connectivity index is 1.74. The molecule has 1 heterocycles. The maximum atomic E-state index is 12.5. The zero-order chi connectivity index (χ0) is 20.6. The summed E-state index contributed by atoms with van der Waals surface area (Å²) in [7, 11) is 1.60. The van der Waals surface area contributed by atoms with Crippen LogP contribution < -0.4 is 19.7 Å². The zero-order valence-corrected chi connectivity index (χ0v) is 17.4. The molecule has 2 aromatic rings. The molecule has 2 aromatic carbocycles. The van der Waals surface area contributed by atoms with E-state index >= 15 is 0 Å². The van der Waals surface area contributed by atoms with Gasteiger partial charge in [-0.05, 0) is 42.8 Å². The Bertz CT molecular complexity index is 879. The Morgan fingerprint density at radius 2 is 2.03 bits per heavy atom. The number of morpholine rings is 1. The first kappa shape index (κ1) is 21.0. The predicted molar refractivity (Wildman–Crippen MR) is 116 cm³/mol. The summed E-state index contributed by atoms with van der Waals surface area (Å²) in [6, 6.07) is 11.0. The number of hydrogen-bond acceptors (Lipinski definition) is 5. The highest BCUT2D eigenvalue weighted by Crippen LogP contribution is 2.34. The molecule has 1 N–H and O–H groups in total. The van der Waals surface area contributed by atoms with Crippen molar-refractivity contribution in [3.05, 3.63) is 53.1 Å². The molecular formula is C22H25ClN2O4. The molecular weight excluding hydrogens is 392 g/mol. The number of carbonyl (C=O) groups is 1. The molecule has 29 heavy (non-hydrogen) atoms. The van der Waals surface area contributed by atoms with Crippen molar-refractivity contribution in [3.63, 3.8) is 0 Å². The van der Waals surface area contributed by atoms with E-state index in [9.17, 15) is 4.79 Å². The number of carbonyl (C=O) groups excluding carboxylic acids is 1. The van der Waals surface area contributed by atoms with Crippen molar-refractivity contribution >= 4 is 35.0 Å². The number of nitrogens with zero attached hydrogens (tertiary/aromatic N) is 1. The van der Waals surface area contributed by atoms with Crippen LogP contribution in [0.5, 0.6) is 11.5 Å². The lowest BCUT2D eigenvalue weighted by Crippen LogP contribution is -2.37. The lowest BCUT2D eigenvalue weighted by atomic mass is 10.2. The SMILES string of the molecule is CCOc1cc(/C=C/C(=O)Nc2cccc(Cl)c2N2CCOCC2)ccc1OC. The lowest BCUT2D eigenvalue weighted by Gasteiger charge is -2.31. The number of benzene rings is 2. The second-order valence-corrected chi connectivity index (χ2v) is 6.81. The number of halogens is 1. The van der Waals surface area contributed by atoms with Crippen molar-refractivity contribution in [1.82, 2.24) is 0 Å².